The highest BCUT2D eigenvalue weighted by Crippen LogP contribution is 2.23. The van der Waals surface area contributed by atoms with E-state index in [9.17, 15) is 17.2 Å². The van der Waals surface area contributed by atoms with Crippen LogP contribution in [-0.2, 0) is 10.0 Å². The van der Waals surface area contributed by atoms with E-state index in [0.717, 1.165) is 29.1 Å². The van der Waals surface area contributed by atoms with Crippen molar-refractivity contribution in [3.8, 4) is 0 Å². The average Bonchev–Trinajstić information content (AvgIpc) is 2.77. The lowest BCUT2D eigenvalue weighted by atomic mass is 10.2. The Balaban J connectivity index is 1.47. The Morgan fingerprint density at radius 1 is 0.875 bits per heavy atom. The molecule has 2 heterocycles. The smallest absolute Gasteiger partial charge is 0.243 e. The van der Waals surface area contributed by atoms with Gasteiger partial charge in [-0.05, 0) is 44.2 Å². The van der Waals surface area contributed by atoms with Crippen LogP contribution in [0.3, 0.4) is 0 Å². The summed E-state index contributed by atoms with van der Waals surface area (Å²) in [6, 6.07) is 12.3. The van der Waals surface area contributed by atoms with Gasteiger partial charge in [0.15, 0.2) is 11.6 Å². The molecule has 10 heteroatoms. The summed E-state index contributed by atoms with van der Waals surface area (Å²) in [7, 11) is -3.91. The fourth-order valence-electron chi connectivity index (χ4n) is 3.48. The van der Waals surface area contributed by atoms with Gasteiger partial charge >= 0.3 is 0 Å². The quantitative estimate of drug-likeness (QED) is 0.628. The van der Waals surface area contributed by atoms with Crippen molar-refractivity contribution < 1.29 is 17.2 Å². The standard InChI is InChI=1S/C22H23F2N5O2S/c1-15-3-5-17(6-4-15)26-22-25-16(2)13-21(27-22)28-9-11-29(12-10-28)32(30,31)18-7-8-19(23)20(24)14-18/h3-8,13-14H,9-12H2,1-2H3,(H,25,26,27). The van der Waals surface area contributed by atoms with E-state index in [0.29, 0.717) is 30.9 Å². The topological polar surface area (TPSA) is 78.4 Å². The predicted molar refractivity (Wildman–Crippen MR) is 119 cm³/mol. The largest absolute Gasteiger partial charge is 0.354 e. The summed E-state index contributed by atoms with van der Waals surface area (Å²) < 4.78 is 53.6. The molecule has 1 aliphatic rings. The highest BCUT2D eigenvalue weighted by atomic mass is 32.2. The van der Waals surface area contributed by atoms with Crippen molar-refractivity contribution in [1.82, 2.24) is 14.3 Å². The fourth-order valence-corrected chi connectivity index (χ4v) is 4.91. The normalized spacial score (nSPS) is 15.1. The Bertz CT molecular complexity index is 1230. The first-order valence-electron chi connectivity index (χ1n) is 10.1. The number of aromatic nitrogens is 2. The predicted octanol–water partition coefficient (Wildman–Crippen LogP) is 3.63. The molecule has 0 saturated carbocycles. The van der Waals surface area contributed by atoms with E-state index in [2.05, 4.69) is 15.3 Å². The molecule has 1 aromatic heterocycles. The molecule has 0 spiro atoms. The zero-order chi connectivity index (χ0) is 22.9. The molecule has 4 rings (SSSR count). The van der Waals surface area contributed by atoms with Gasteiger partial charge in [-0.15, -0.1) is 0 Å². The maximum Gasteiger partial charge on any atom is 0.243 e. The summed E-state index contributed by atoms with van der Waals surface area (Å²) in [5.41, 5.74) is 2.80. The molecule has 7 nitrogen and oxygen atoms in total. The Kier molecular flexibility index (Phi) is 6.07. The van der Waals surface area contributed by atoms with Crippen LogP contribution in [0.4, 0.5) is 26.2 Å². The van der Waals surface area contributed by atoms with Crippen LogP contribution in [0.15, 0.2) is 53.4 Å². The second-order valence-electron chi connectivity index (χ2n) is 7.65. The van der Waals surface area contributed by atoms with Crippen molar-refractivity contribution in [3.63, 3.8) is 0 Å². The van der Waals surface area contributed by atoms with Crippen molar-refractivity contribution in [2.45, 2.75) is 18.7 Å². The number of anilines is 3. The first-order chi connectivity index (χ1) is 15.2. The van der Waals surface area contributed by atoms with Crippen molar-refractivity contribution >= 4 is 27.5 Å². The summed E-state index contributed by atoms with van der Waals surface area (Å²) in [6.07, 6.45) is 0. The van der Waals surface area contributed by atoms with Crippen molar-refractivity contribution in [1.29, 1.82) is 0 Å². The minimum Gasteiger partial charge on any atom is -0.354 e. The van der Waals surface area contributed by atoms with Crippen LogP contribution >= 0.6 is 0 Å². The van der Waals surface area contributed by atoms with E-state index in [1.807, 2.05) is 49.1 Å². The Hall–Kier alpha value is -3.11. The van der Waals surface area contributed by atoms with Gasteiger partial charge in [0, 0.05) is 43.6 Å². The molecule has 32 heavy (non-hydrogen) atoms. The minimum atomic E-state index is -3.91. The number of sulfonamides is 1. The van der Waals surface area contributed by atoms with Crippen LogP contribution in [0.2, 0.25) is 0 Å². The van der Waals surface area contributed by atoms with Gasteiger partial charge in [-0.25, -0.2) is 22.2 Å². The molecule has 168 valence electrons. The average molecular weight is 460 g/mol. The van der Waals surface area contributed by atoms with E-state index >= 15 is 0 Å². The minimum absolute atomic E-state index is 0.200. The van der Waals surface area contributed by atoms with Gasteiger partial charge in [0.25, 0.3) is 0 Å². The molecule has 2 aromatic carbocycles. The maximum absolute atomic E-state index is 13.5. The molecular formula is C22H23F2N5O2S. The van der Waals surface area contributed by atoms with Gasteiger partial charge < -0.3 is 10.2 Å². The molecule has 0 aliphatic carbocycles. The van der Waals surface area contributed by atoms with E-state index in [1.165, 1.54) is 4.31 Å². The Labute approximate surface area is 185 Å². The number of rotatable bonds is 5. The van der Waals surface area contributed by atoms with Crippen molar-refractivity contribution in [2.24, 2.45) is 0 Å². The maximum atomic E-state index is 13.5. The molecule has 1 saturated heterocycles. The molecule has 0 atom stereocenters. The fraction of sp³-hybridized carbons (Fsp3) is 0.273. The second-order valence-corrected chi connectivity index (χ2v) is 9.59. The van der Waals surface area contributed by atoms with Crippen molar-refractivity contribution in [2.75, 3.05) is 36.4 Å². The van der Waals surface area contributed by atoms with Gasteiger partial charge in [0.05, 0.1) is 4.90 Å². The number of nitrogens with zero attached hydrogens (tertiary/aromatic N) is 4. The highest BCUT2D eigenvalue weighted by Gasteiger charge is 2.29. The van der Waals surface area contributed by atoms with Gasteiger partial charge in [-0.2, -0.15) is 9.29 Å². The van der Waals surface area contributed by atoms with Gasteiger partial charge in [0.1, 0.15) is 5.82 Å². The third-order valence-corrected chi connectivity index (χ3v) is 7.13. The zero-order valence-corrected chi connectivity index (χ0v) is 18.5. The van der Waals surface area contributed by atoms with E-state index in [4.69, 9.17) is 0 Å². The van der Waals surface area contributed by atoms with Crippen LogP contribution in [0.5, 0.6) is 0 Å². The molecule has 0 amide bonds. The SMILES string of the molecule is Cc1ccc(Nc2nc(C)cc(N3CCN(S(=O)(=O)c4ccc(F)c(F)c4)CC3)n2)cc1. The summed E-state index contributed by atoms with van der Waals surface area (Å²) in [5.74, 6) is -1.12. The van der Waals surface area contributed by atoms with Crippen LogP contribution in [0, 0.1) is 25.5 Å². The Morgan fingerprint density at radius 2 is 1.56 bits per heavy atom. The zero-order valence-electron chi connectivity index (χ0n) is 17.7. The lowest BCUT2D eigenvalue weighted by Crippen LogP contribution is -2.49. The molecule has 0 radical (unpaired) electrons. The van der Waals surface area contributed by atoms with E-state index in [1.54, 1.807) is 0 Å². The first-order valence-corrected chi connectivity index (χ1v) is 11.6. The number of nitrogens with one attached hydrogen (secondary N) is 1. The number of piperazine rings is 1. The molecule has 1 aliphatic heterocycles. The number of benzene rings is 2. The highest BCUT2D eigenvalue weighted by molar-refractivity contribution is 7.89. The van der Waals surface area contributed by atoms with Gasteiger partial charge in [0.2, 0.25) is 16.0 Å². The van der Waals surface area contributed by atoms with Crippen LogP contribution in [0.1, 0.15) is 11.3 Å². The van der Waals surface area contributed by atoms with E-state index < -0.39 is 21.7 Å². The second kappa shape index (κ2) is 8.79. The molecular weight excluding hydrogens is 436 g/mol. The van der Waals surface area contributed by atoms with Crippen LogP contribution in [0.25, 0.3) is 0 Å². The first kappa shape index (κ1) is 22.1. The molecule has 1 N–H and O–H groups in total. The summed E-state index contributed by atoms with van der Waals surface area (Å²) in [5, 5.41) is 3.19. The molecule has 1 fully saturated rings. The third-order valence-electron chi connectivity index (χ3n) is 5.24. The summed E-state index contributed by atoms with van der Waals surface area (Å²) in [4.78, 5) is 10.7. The summed E-state index contributed by atoms with van der Waals surface area (Å²) in [6.45, 7) is 5.09. The van der Waals surface area contributed by atoms with E-state index in [-0.39, 0.29) is 18.0 Å². The molecule has 3 aromatic rings. The Morgan fingerprint density at radius 3 is 2.22 bits per heavy atom. The number of aryl methyl sites for hydroxylation is 2. The van der Waals surface area contributed by atoms with Crippen LogP contribution < -0.4 is 10.2 Å². The number of halogens is 2. The molecule has 0 bridgehead atoms. The summed E-state index contributed by atoms with van der Waals surface area (Å²) >= 11 is 0. The number of hydrogen-bond donors (Lipinski definition) is 1. The van der Waals surface area contributed by atoms with Gasteiger partial charge in [-0.3, -0.25) is 0 Å². The van der Waals surface area contributed by atoms with Crippen molar-refractivity contribution in [3.05, 3.63) is 71.4 Å². The number of hydrogen-bond acceptors (Lipinski definition) is 6. The molecule has 0 unspecified atom stereocenters. The lowest BCUT2D eigenvalue weighted by Gasteiger charge is -2.34. The lowest BCUT2D eigenvalue weighted by molar-refractivity contribution is 0.383. The van der Waals surface area contributed by atoms with Crippen LogP contribution in [-0.4, -0.2) is 48.9 Å². The third kappa shape index (κ3) is 4.71. The monoisotopic (exact) mass is 459 g/mol. The van der Waals surface area contributed by atoms with Gasteiger partial charge in [-0.1, -0.05) is 17.7 Å².